The Labute approximate surface area is 155 Å². The highest BCUT2D eigenvalue weighted by atomic mass is 35.5. The summed E-state index contributed by atoms with van der Waals surface area (Å²) in [5.74, 6) is 0. The first-order valence-electron chi connectivity index (χ1n) is 8.75. The lowest BCUT2D eigenvalue weighted by Crippen LogP contribution is -2.49. The zero-order valence-electron chi connectivity index (χ0n) is 14.0. The minimum atomic E-state index is -0.216. The summed E-state index contributed by atoms with van der Waals surface area (Å²) < 4.78 is 7.31. The van der Waals surface area contributed by atoms with Gasteiger partial charge < -0.3 is 10.1 Å². The SMILES string of the molecule is CC1CC2(CC(c3ccc4[nH]ncc4c3)N1)OCCc1cc(Cl)sc12. The van der Waals surface area contributed by atoms with Gasteiger partial charge in [0.25, 0.3) is 0 Å². The van der Waals surface area contributed by atoms with E-state index < -0.39 is 0 Å². The predicted octanol–water partition coefficient (Wildman–Crippen LogP) is 4.56. The number of hydrogen-bond donors (Lipinski definition) is 2. The fourth-order valence-electron chi connectivity index (χ4n) is 4.45. The second-order valence-corrected chi connectivity index (χ2v) is 8.93. The molecule has 3 unspecified atom stereocenters. The van der Waals surface area contributed by atoms with E-state index in [1.165, 1.54) is 16.0 Å². The van der Waals surface area contributed by atoms with Crippen LogP contribution >= 0.6 is 22.9 Å². The van der Waals surface area contributed by atoms with Gasteiger partial charge in [-0.2, -0.15) is 5.10 Å². The van der Waals surface area contributed by atoms with Crippen molar-refractivity contribution >= 4 is 33.8 Å². The minimum Gasteiger partial charge on any atom is -0.369 e. The summed E-state index contributed by atoms with van der Waals surface area (Å²) in [7, 11) is 0. The van der Waals surface area contributed by atoms with Gasteiger partial charge in [-0.3, -0.25) is 5.10 Å². The second kappa shape index (κ2) is 5.81. The first kappa shape index (κ1) is 15.8. The van der Waals surface area contributed by atoms with E-state index >= 15 is 0 Å². The van der Waals surface area contributed by atoms with Crippen LogP contribution in [-0.2, 0) is 16.8 Å². The van der Waals surface area contributed by atoms with Crippen molar-refractivity contribution in [3.63, 3.8) is 0 Å². The van der Waals surface area contributed by atoms with Crippen LogP contribution in [0.4, 0.5) is 0 Å². The quantitative estimate of drug-likeness (QED) is 0.657. The standard InChI is InChI=1S/C19H20ClN3OS/c1-11-8-19(18-13(4-5-24-19)7-17(20)25-18)9-16(22-11)12-2-3-15-14(6-12)10-21-23-15/h2-3,6-7,10-11,16,22H,4-5,8-9H2,1H3,(H,21,23). The van der Waals surface area contributed by atoms with Crippen molar-refractivity contribution in [1.82, 2.24) is 15.5 Å². The number of ether oxygens (including phenoxy) is 1. The molecular weight excluding hydrogens is 354 g/mol. The summed E-state index contributed by atoms with van der Waals surface area (Å²) >= 11 is 8.03. The molecule has 4 heterocycles. The maximum Gasteiger partial charge on any atom is 0.106 e. The van der Waals surface area contributed by atoms with Gasteiger partial charge in [0.1, 0.15) is 5.60 Å². The van der Waals surface area contributed by atoms with E-state index in [0.717, 1.165) is 41.1 Å². The fourth-order valence-corrected chi connectivity index (χ4v) is 5.92. The maximum atomic E-state index is 6.43. The Balaban J connectivity index is 1.55. The lowest BCUT2D eigenvalue weighted by atomic mass is 9.78. The Kier molecular flexibility index (Phi) is 3.68. The van der Waals surface area contributed by atoms with Crippen LogP contribution in [0.15, 0.2) is 30.5 Å². The number of piperidine rings is 1. The van der Waals surface area contributed by atoms with Crippen LogP contribution in [0.5, 0.6) is 0 Å². The van der Waals surface area contributed by atoms with Gasteiger partial charge in [-0.1, -0.05) is 17.7 Å². The predicted molar refractivity (Wildman–Crippen MR) is 101 cm³/mol. The van der Waals surface area contributed by atoms with E-state index in [1.807, 2.05) is 6.20 Å². The molecule has 3 aromatic rings. The normalized spacial score (nSPS) is 29.2. The molecule has 0 aliphatic carbocycles. The Morgan fingerprint density at radius 3 is 3.16 bits per heavy atom. The number of rotatable bonds is 1. The van der Waals surface area contributed by atoms with Gasteiger partial charge in [-0.05, 0) is 49.1 Å². The summed E-state index contributed by atoms with van der Waals surface area (Å²) in [6.45, 7) is 3.03. The van der Waals surface area contributed by atoms with Crippen LogP contribution in [0.25, 0.3) is 10.9 Å². The molecule has 6 heteroatoms. The molecule has 25 heavy (non-hydrogen) atoms. The molecule has 1 fully saturated rings. The Morgan fingerprint density at radius 2 is 2.24 bits per heavy atom. The van der Waals surface area contributed by atoms with Gasteiger partial charge in [0.05, 0.1) is 22.7 Å². The molecule has 2 aliphatic heterocycles. The van der Waals surface area contributed by atoms with Crippen molar-refractivity contribution in [2.75, 3.05) is 6.61 Å². The lowest BCUT2D eigenvalue weighted by molar-refractivity contribution is -0.0954. The number of fused-ring (bicyclic) bond motifs is 3. The number of aromatic amines is 1. The zero-order chi connectivity index (χ0) is 17.0. The number of halogens is 1. The monoisotopic (exact) mass is 373 g/mol. The van der Waals surface area contributed by atoms with E-state index in [1.54, 1.807) is 11.3 Å². The molecule has 1 saturated heterocycles. The van der Waals surface area contributed by atoms with Crippen molar-refractivity contribution in [3.05, 3.63) is 50.8 Å². The molecule has 3 atom stereocenters. The van der Waals surface area contributed by atoms with Crippen LogP contribution < -0.4 is 5.32 Å². The van der Waals surface area contributed by atoms with Crippen LogP contribution in [0.1, 0.15) is 41.8 Å². The fraction of sp³-hybridized carbons (Fsp3) is 0.421. The third-order valence-corrected chi connectivity index (χ3v) is 6.96. The van der Waals surface area contributed by atoms with Gasteiger partial charge in [-0.25, -0.2) is 0 Å². The molecule has 0 bridgehead atoms. The van der Waals surface area contributed by atoms with Crippen LogP contribution in [0.3, 0.4) is 0 Å². The smallest absolute Gasteiger partial charge is 0.106 e. The first-order chi connectivity index (χ1) is 12.1. The summed E-state index contributed by atoms with van der Waals surface area (Å²) in [5, 5.41) is 12.1. The Hall–Kier alpha value is -1.40. The van der Waals surface area contributed by atoms with E-state index in [-0.39, 0.29) is 11.6 Å². The molecule has 0 amide bonds. The third kappa shape index (κ3) is 2.61. The molecular formula is C19H20ClN3OS. The highest BCUT2D eigenvalue weighted by molar-refractivity contribution is 7.16. The minimum absolute atomic E-state index is 0.216. The molecule has 130 valence electrons. The molecule has 1 spiro atoms. The number of hydrogen-bond acceptors (Lipinski definition) is 4. The molecule has 2 N–H and O–H groups in total. The Bertz CT molecular complexity index is 936. The highest BCUT2D eigenvalue weighted by Gasteiger charge is 2.46. The van der Waals surface area contributed by atoms with Crippen molar-refractivity contribution in [1.29, 1.82) is 0 Å². The number of nitrogens with one attached hydrogen (secondary N) is 2. The van der Waals surface area contributed by atoms with Crippen molar-refractivity contribution in [2.45, 2.75) is 43.9 Å². The largest absolute Gasteiger partial charge is 0.369 e. The molecule has 5 rings (SSSR count). The van der Waals surface area contributed by atoms with Gasteiger partial charge in [-0.15, -0.1) is 11.3 Å². The molecule has 4 nitrogen and oxygen atoms in total. The number of thiophene rings is 1. The molecule has 0 radical (unpaired) electrons. The highest BCUT2D eigenvalue weighted by Crippen LogP contribution is 2.50. The van der Waals surface area contributed by atoms with Crippen LogP contribution in [-0.4, -0.2) is 22.8 Å². The molecule has 0 saturated carbocycles. The number of benzene rings is 1. The molecule has 2 aliphatic rings. The molecule has 1 aromatic carbocycles. The van der Waals surface area contributed by atoms with Crippen molar-refractivity contribution < 1.29 is 4.74 Å². The zero-order valence-corrected chi connectivity index (χ0v) is 15.6. The number of H-pyrrole nitrogens is 1. The average Bonchev–Trinajstić information content (AvgIpc) is 3.20. The lowest BCUT2D eigenvalue weighted by Gasteiger charge is -2.46. The average molecular weight is 374 g/mol. The Morgan fingerprint density at radius 1 is 1.32 bits per heavy atom. The summed E-state index contributed by atoms with van der Waals surface area (Å²) in [5.41, 5.74) is 3.52. The van der Waals surface area contributed by atoms with Crippen LogP contribution in [0.2, 0.25) is 4.34 Å². The topological polar surface area (TPSA) is 49.9 Å². The van der Waals surface area contributed by atoms with Crippen molar-refractivity contribution in [3.8, 4) is 0 Å². The number of nitrogens with zero attached hydrogens (tertiary/aromatic N) is 1. The summed E-state index contributed by atoms with van der Waals surface area (Å²) in [6.07, 6.45) is 4.77. The summed E-state index contributed by atoms with van der Waals surface area (Å²) in [6, 6.07) is 9.30. The van der Waals surface area contributed by atoms with E-state index in [9.17, 15) is 0 Å². The van der Waals surface area contributed by atoms with Gasteiger partial charge in [0.15, 0.2) is 0 Å². The number of aromatic nitrogens is 2. The van der Waals surface area contributed by atoms with Gasteiger partial charge in [0.2, 0.25) is 0 Å². The van der Waals surface area contributed by atoms with Gasteiger partial charge in [0, 0.05) is 28.8 Å². The van der Waals surface area contributed by atoms with E-state index in [0.29, 0.717) is 6.04 Å². The van der Waals surface area contributed by atoms with Crippen molar-refractivity contribution in [2.24, 2.45) is 0 Å². The molecule has 2 aromatic heterocycles. The van der Waals surface area contributed by atoms with E-state index in [4.69, 9.17) is 16.3 Å². The van der Waals surface area contributed by atoms with E-state index in [2.05, 4.69) is 46.7 Å². The second-order valence-electron chi connectivity index (χ2n) is 7.24. The maximum absolute atomic E-state index is 6.43. The first-order valence-corrected chi connectivity index (χ1v) is 9.94. The third-order valence-electron chi connectivity index (χ3n) is 5.46. The van der Waals surface area contributed by atoms with Crippen LogP contribution in [0, 0.1) is 0 Å². The summed E-state index contributed by atoms with van der Waals surface area (Å²) in [4.78, 5) is 1.34. The van der Waals surface area contributed by atoms with Gasteiger partial charge >= 0.3 is 0 Å².